The maximum Gasteiger partial charge on any atom is 0.0502 e. The van der Waals surface area contributed by atoms with E-state index in [-0.39, 0.29) is 12.0 Å². The van der Waals surface area contributed by atoms with Gasteiger partial charge in [-0.15, -0.1) is 0 Å². The first-order valence-corrected chi connectivity index (χ1v) is 8.47. The van der Waals surface area contributed by atoms with E-state index >= 15 is 0 Å². The van der Waals surface area contributed by atoms with Crippen LogP contribution in [-0.2, 0) is 13.0 Å². The standard InChI is InChI=1S/C20H26N2O/c1-17-8-10-21-13-19(17)14-22-11-5-9-20(15-22,16-23)12-18-6-3-2-4-7-18/h2-4,6-8,10,13,23H,5,9,11-12,14-16H2,1H3. The number of hydrogen-bond donors (Lipinski definition) is 1. The summed E-state index contributed by atoms with van der Waals surface area (Å²) in [7, 11) is 0. The Hall–Kier alpha value is -1.71. The molecule has 1 aromatic carbocycles. The smallest absolute Gasteiger partial charge is 0.0502 e. The van der Waals surface area contributed by atoms with Crippen LogP contribution in [0.3, 0.4) is 0 Å². The average Bonchev–Trinajstić information content (AvgIpc) is 2.58. The molecule has 0 amide bonds. The van der Waals surface area contributed by atoms with E-state index in [9.17, 15) is 5.11 Å². The molecule has 0 saturated carbocycles. The quantitative estimate of drug-likeness (QED) is 0.921. The number of aryl methyl sites for hydroxylation is 1. The second-order valence-corrected chi connectivity index (χ2v) is 6.94. The molecule has 1 aromatic heterocycles. The molecule has 3 rings (SSSR count). The minimum Gasteiger partial charge on any atom is -0.396 e. The molecule has 1 unspecified atom stereocenters. The highest BCUT2D eigenvalue weighted by Gasteiger charge is 2.35. The SMILES string of the molecule is Cc1ccncc1CN1CCCC(CO)(Cc2ccccc2)C1. The van der Waals surface area contributed by atoms with Crippen LogP contribution in [0.2, 0.25) is 0 Å². The van der Waals surface area contributed by atoms with Crippen molar-refractivity contribution in [3.8, 4) is 0 Å². The van der Waals surface area contributed by atoms with Gasteiger partial charge in [-0.1, -0.05) is 30.3 Å². The molecule has 3 heteroatoms. The molecule has 0 spiro atoms. The van der Waals surface area contributed by atoms with Crippen LogP contribution in [0.15, 0.2) is 48.8 Å². The van der Waals surface area contributed by atoms with E-state index < -0.39 is 0 Å². The molecule has 0 bridgehead atoms. The Labute approximate surface area is 139 Å². The van der Waals surface area contributed by atoms with Crippen molar-refractivity contribution in [3.63, 3.8) is 0 Å². The monoisotopic (exact) mass is 310 g/mol. The molecular formula is C20H26N2O. The number of aliphatic hydroxyl groups excluding tert-OH is 1. The lowest BCUT2D eigenvalue weighted by atomic mass is 9.75. The molecule has 1 N–H and O–H groups in total. The second-order valence-electron chi connectivity index (χ2n) is 6.94. The van der Waals surface area contributed by atoms with E-state index in [1.54, 1.807) is 0 Å². The fourth-order valence-corrected chi connectivity index (χ4v) is 3.71. The zero-order valence-electron chi connectivity index (χ0n) is 13.9. The summed E-state index contributed by atoms with van der Waals surface area (Å²) in [5.41, 5.74) is 3.89. The lowest BCUT2D eigenvalue weighted by Gasteiger charge is -2.42. The Morgan fingerprint density at radius 3 is 2.78 bits per heavy atom. The van der Waals surface area contributed by atoms with Crippen LogP contribution in [0.1, 0.15) is 29.5 Å². The third kappa shape index (κ3) is 3.98. The highest BCUT2D eigenvalue weighted by Crippen LogP contribution is 2.34. The fraction of sp³-hybridized carbons (Fsp3) is 0.450. The zero-order valence-corrected chi connectivity index (χ0v) is 13.9. The topological polar surface area (TPSA) is 36.4 Å². The van der Waals surface area contributed by atoms with Crippen LogP contribution in [0.4, 0.5) is 0 Å². The highest BCUT2D eigenvalue weighted by atomic mass is 16.3. The molecule has 23 heavy (non-hydrogen) atoms. The minimum atomic E-state index is -0.0181. The van der Waals surface area contributed by atoms with Crippen molar-refractivity contribution < 1.29 is 5.11 Å². The first kappa shape index (κ1) is 16.2. The number of likely N-dealkylation sites (tertiary alicyclic amines) is 1. The van der Waals surface area contributed by atoms with Crippen LogP contribution in [0.5, 0.6) is 0 Å². The van der Waals surface area contributed by atoms with Crippen molar-refractivity contribution in [1.29, 1.82) is 0 Å². The number of hydrogen-bond acceptors (Lipinski definition) is 3. The van der Waals surface area contributed by atoms with Gasteiger partial charge in [-0.3, -0.25) is 9.88 Å². The van der Waals surface area contributed by atoms with Crippen molar-refractivity contribution in [1.82, 2.24) is 9.88 Å². The Balaban J connectivity index is 1.72. The predicted octanol–water partition coefficient (Wildman–Crippen LogP) is 3.21. The Bertz CT molecular complexity index is 629. The normalized spacial score (nSPS) is 22.2. The van der Waals surface area contributed by atoms with Gasteiger partial charge in [0.1, 0.15) is 0 Å². The molecule has 0 radical (unpaired) electrons. The van der Waals surface area contributed by atoms with Gasteiger partial charge in [0.2, 0.25) is 0 Å². The third-order valence-corrected chi connectivity index (χ3v) is 5.04. The molecule has 0 aliphatic carbocycles. The minimum absolute atomic E-state index is 0.0181. The average molecular weight is 310 g/mol. The van der Waals surface area contributed by atoms with Crippen LogP contribution in [0.25, 0.3) is 0 Å². The number of nitrogens with zero attached hydrogens (tertiary/aromatic N) is 2. The van der Waals surface area contributed by atoms with E-state index in [1.165, 1.54) is 16.7 Å². The van der Waals surface area contributed by atoms with E-state index in [0.717, 1.165) is 38.9 Å². The van der Waals surface area contributed by atoms with Crippen molar-refractivity contribution >= 4 is 0 Å². The molecule has 1 atom stereocenters. The summed E-state index contributed by atoms with van der Waals surface area (Å²) in [6.07, 6.45) is 7.02. The van der Waals surface area contributed by atoms with E-state index in [1.807, 2.05) is 18.5 Å². The molecule has 122 valence electrons. The van der Waals surface area contributed by atoms with Crippen molar-refractivity contribution in [3.05, 3.63) is 65.5 Å². The van der Waals surface area contributed by atoms with E-state index in [4.69, 9.17) is 0 Å². The van der Waals surface area contributed by atoms with Crippen LogP contribution < -0.4 is 0 Å². The second kappa shape index (κ2) is 7.24. The molecule has 2 heterocycles. The summed E-state index contributed by atoms with van der Waals surface area (Å²) in [4.78, 5) is 6.74. The molecule has 1 aliphatic rings. The number of rotatable bonds is 5. The fourth-order valence-electron chi connectivity index (χ4n) is 3.71. The maximum absolute atomic E-state index is 10.1. The van der Waals surface area contributed by atoms with Gasteiger partial charge in [0.05, 0.1) is 6.61 Å². The van der Waals surface area contributed by atoms with Crippen LogP contribution >= 0.6 is 0 Å². The van der Waals surface area contributed by atoms with E-state index in [0.29, 0.717) is 0 Å². The summed E-state index contributed by atoms with van der Waals surface area (Å²) in [6.45, 7) is 5.38. The first-order chi connectivity index (χ1) is 11.2. The number of benzene rings is 1. The largest absolute Gasteiger partial charge is 0.396 e. The van der Waals surface area contributed by atoms with Gasteiger partial charge in [0.15, 0.2) is 0 Å². The number of piperidine rings is 1. The molecule has 3 nitrogen and oxygen atoms in total. The van der Waals surface area contributed by atoms with Crippen LogP contribution in [-0.4, -0.2) is 34.7 Å². The maximum atomic E-state index is 10.1. The Morgan fingerprint density at radius 2 is 2.04 bits per heavy atom. The van der Waals surface area contributed by atoms with Gasteiger partial charge >= 0.3 is 0 Å². The number of aromatic nitrogens is 1. The van der Waals surface area contributed by atoms with Gasteiger partial charge in [0.25, 0.3) is 0 Å². The van der Waals surface area contributed by atoms with Gasteiger partial charge in [-0.05, 0) is 55.5 Å². The molecule has 2 aromatic rings. The number of aliphatic hydroxyl groups is 1. The number of pyridine rings is 1. The lowest BCUT2D eigenvalue weighted by Crippen LogP contribution is -2.46. The van der Waals surface area contributed by atoms with Gasteiger partial charge in [0, 0.05) is 30.9 Å². The van der Waals surface area contributed by atoms with Crippen molar-refractivity contribution in [2.45, 2.75) is 32.7 Å². The van der Waals surface area contributed by atoms with Gasteiger partial charge in [-0.25, -0.2) is 0 Å². The summed E-state index contributed by atoms with van der Waals surface area (Å²) in [6, 6.07) is 12.6. The summed E-state index contributed by atoms with van der Waals surface area (Å²) in [5, 5.41) is 10.1. The molecular weight excluding hydrogens is 284 g/mol. The summed E-state index contributed by atoms with van der Waals surface area (Å²) >= 11 is 0. The molecule has 1 saturated heterocycles. The van der Waals surface area contributed by atoms with Crippen molar-refractivity contribution in [2.24, 2.45) is 5.41 Å². The summed E-state index contributed by atoms with van der Waals surface area (Å²) < 4.78 is 0. The predicted molar refractivity (Wildman–Crippen MR) is 93.1 cm³/mol. The third-order valence-electron chi connectivity index (χ3n) is 5.04. The Morgan fingerprint density at radius 1 is 1.22 bits per heavy atom. The first-order valence-electron chi connectivity index (χ1n) is 8.47. The zero-order chi connectivity index (χ0) is 16.1. The molecule has 1 fully saturated rings. The molecule has 1 aliphatic heterocycles. The summed E-state index contributed by atoms with van der Waals surface area (Å²) in [5.74, 6) is 0. The van der Waals surface area contributed by atoms with Crippen molar-refractivity contribution in [2.75, 3.05) is 19.7 Å². The van der Waals surface area contributed by atoms with E-state index in [2.05, 4.69) is 47.1 Å². The van der Waals surface area contributed by atoms with Gasteiger partial charge < -0.3 is 5.11 Å². The Kier molecular flexibility index (Phi) is 5.09. The van der Waals surface area contributed by atoms with Crippen LogP contribution in [0, 0.1) is 12.3 Å². The lowest BCUT2D eigenvalue weighted by molar-refractivity contribution is 0.0287. The highest BCUT2D eigenvalue weighted by molar-refractivity contribution is 5.21. The van der Waals surface area contributed by atoms with Gasteiger partial charge in [-0.2, -0.15) is 0 Å².